The van der Waals surface area contributed by atoms with Gasteiger partial charge in [-0.3, -0.25) is 4.90 Å². The van der Waals surface area contributed by atoms with Crippen molar-refractivity contribution in [2.45, 2.75) is 40.2 Å². The molecule has 0 saturated heterocycles. The Bertz CT molecular complexity index is 283. The largest absolute Gasteiger partial charge is 0.330 e. The van der Waals surface area contributed by atoms with Crippen molar-refractivity contribution in [2.75, 3.05) is 19.6 Å². The summed E-state index contributed by atoms with van der Waals surface area (Å²) >= 11 is 1.84. The maximum absolute atomic E-state index is 5.98. The lowest BCUT2D eigenvalue weighted by atomic mass is 9.82. The highest BCUT2D eigenvalue weighted by Crippen LogP contribution is 2.27. The van der Waals surface area contributed by atoms with E-state index in [0.29, 0.717) is 5.41 Å². The molecule has 1 rings (SSSR count). The second kappa shape index (κ2) is 7.14. The molecule has 0 amide bonds. The van der Waals surface area contributed by atoms with Gasteiger partial charge in [0.2, 0.25) is 0 Å². The van der Waals surface area contributed by atoms with Crippen LogP contribution in [0.5, 0.6) is 0 Å². The zero-order chi connectivity index (χ0) is 12.7. The summed E-state index contributed by atoms with van der Waals surface area (Å²) in [5, 5.41) is 2.15. The Hall–Kier alpha value is -0.380. The second-order valence-electron chi connectivity index (χ2n) is 4.79. The van der Waals surface area contributed by atoms with Crippen LogP contribution in [-0.4, -0.2) is 24.5 Å². The van der Waals surface area contributed by atoms with Gasteiger partial charge in [0, 0.05) is 18.0 Å². The molecule has 0 saturated carbocycles. The molecular formula is C14H26N2S. The molecule has 3 heteroatoms. The van der Waals surface area contributed by atoms with Gasteiger partial charge >= 0.3 is 0 Å². The third-order valence-electron chi connectivity index (χ3n) is 3.90. The quantitative estimate of drug-likeness (QED) is 0.771. The molecule has 0 radical (unpaired) electrons. The second-order valence-corrected chi connectivity index (χ2v) is 5.83. The van der Waals surface area contributed by atoms with E-state index in [1.165, 1.54) is 17.7 Å². The number of hydrogen-bond donors (Lipinski definition) is 1. The van der Waals surface area contributed by atoms with Gasteiger partial charge < -0.3 is 5.73 Å². The lowest BCUT2D eigenvalue weighted by Crippen LogP contribution is -2.41. The van der Waals surface area contributed by atoms with Gasteiger partial charge in [-0.2, -0.15) is 0 Å². The lowest BCUT2D eigenvalue weighted by molar-refractivity contribution is 0.144. The van der Waals surface area contributed by atoms with Crippen molar-refractivity contribution < 1.29 is 0 Å². The molecule has 0 fully saturated rings. The third kappa shape index (κ3) is 4.09. The number of hydrogen-bond acceptors (Lipinski definition) is 3. The Morgan fingerprint density at radius 1 is 1.29 bits per heavy atom. The number of thiophene rings is 1. The van der Waals surface area contributed by atoms with E-state index in [-0.39, 0.29) is 0 Å². The third-order valence-corrected chi connectivity index (χ3v) is 4.76. The first-order valence-electron chi connectivity index (χ1n) is 6.64. The first-order chi connectivity index (χ1) is 8.19. The Morgan fingerprint density at radius 3 is 2.41 bits per heavy atom. The summed E-state index contributed by atoms with van der Waals surface area (Å²) in [5.41, 5.74) is 6.28. The van der Waals surface area contributed by atoms with E-state index in [9.17, 15) is 0 Å². The molecule has 1 aromatic rings. The van der Waals surface area contributed by atoms with Crippen molar-refractivity contribution in [1.29, 1.82) is 0 Å². The van der Waals surface area contributed by atoms with Crippen LogP contribution in [0.15, 0.2) is 17.5 Å². The smallest absolute Gasteiger partial charge is 0.0328 e. The Kier molecular flexibility index (Phi) is 6.17. The van der Waals surface area contributed by atoms with E-state index >= 15 is 0 Å². The highest BCUT2D eigenvalue weighted by atomic mass is 32.1. The lowest BCUT2D eigenvalue weighted by Gasteiger charge is -2.35. The highest BCUT2D eigenvalue weighted by Gasteiger charge is 2.26. The summed E-state index contributed by atoms with van der Waals surface area (Å²) in [6.07, 6.45) is 2.34. The number of nitrogens with two attached hydrogens (primary N) is 1. The standard InChI is InChI=1S/C14H26N2S/c1-4-14(5-2,11-15)12-16(6-3)10-13-8-7-9-17-13/h7-9H,4-6,10-12,15H2,1-3H3. The van der Waals surface area contributed by atoms with E-state index in [1.54, 1.807) is 0 Å². The molecule has 1 heterocycles. The van der Waals surface area contributed by atoms with Gasteiger partial charge in [-0.25, -0.2) is 0 Å². The molecule has 0 aliphatic heterocycles. The van der Waals surface area contributed by atoms with E-state index in [1.807, 2.05) is 11.3 Å². The van der Waals surface area contributed by atoms with Gasteiger partial charge in [0.1, 0.15) is 0 Å². The van der Waals surface area contributed by atoms with Gasteiger partial charge in [0.05, 0.1) is 0 Å². The van der Waals surface area contributed by atoms with Crippen LogP contribution in [0.4, 0.5) is 0 Å². The van der Waals surface area contributed by atoms with E-state index in [0.717, 1.165) is 26.2 Å². The minimum atomic E-state index is 0.299. The van der Waals surface area contributed by atoms with Crippen molar-refractivity contribution in [1.82, 2.24) is 4.90 Å². The molecule has 2 nitrogen and oxygen atoms in total. The average Bonchev–Trinajstić information content (AvgIpc) is 2.87. The zero-order valence-corrected chi connectivity index (χ0v) is 12.2. The fourth-order valence-electron chi connectivity index (χ4n) is 2.20. The van der Waals surface area contributed by atoms with Crippen molar-refractivity contribution in [3.05, 3.63) is 22.4 Å². The Labute approximate surface area is 110 Å². The van der Waals surface area contributed by atoms with Crippen LogP contribution in [0.25, 0.3) is 0 Å². The maximum atomic E-state index is 5.98. The van der Waals surface area contributed by atoms with Gasteiger partial charge in [-0.05, 0) is 42.8 Å². The molecule has 0 spiro atoms. The van der Waals surface area contributed by atoms with Crippen LogP contribution in [0, 0.1) is 5.41 Å². The molecular weight excluding hydrogens is 228 g/mol. The van der Waals surface area contributed by atoms with E-state index in [4.69, 9.17) is 5.73 Å². The highest BCUT2D eigenvalue weighted by molar-refractivity contribution is 7.09. The summed E-state index contributed by atoms with van der Waals surface area (Å²) < 4.78 is 0. The van der Waals surface area contributed by atoms with Crippen molar-refractivity contribution in [2.24, 2.45) is 11.1 Å². The first-order valence-corrected chi connectivity index (χ1v) is 7.52. The molecule has 0 unspecified atom stereocenters. The molecule has 0 bridgehead atoms. The molecule has 17 heavy (non-hydrogen) atoms. The summed E-state index contributed by atoms with van der Waals surface area (Å²) in [6, 6.07) is 4.35. The monoisotopic (exact) mass is 254 g/mol. The van der Waals surface area contributed by atoms with Crippen molar-refractivity contribution in [3.63, 3.8) is 0 Å². The van der Waals surface area contributed by atoms with Crippen LogP contribution in [-0.2, 0) is 6.54 Å². The Balaban J connectivity index is 2.61. The van der Waals surface area contributed by atoms with Crippen LogP contribution in [0.2, 0.25) is 0 Å². The predicted octanol–water partition coefficient (Wildman–Crippen LogP) is 3.34. The van der Waals surface area contributed by atoms with Gasteiger partial charge in [0.25, 0.3) is 0 Å². The molecule has 0 aliphatic rings. The fourth-order valence-corrected chi connectivity index (χ4v) is 2.95. The van der Waals surface area contributed by atoms with Gasteiger partial charge in [-0.1, -0.05) is 26.8 Å². The Morgan fingerprint density at radius 2 is 2.00 bits per heavy atom. The molecule has 98 valence electrons. The molecule has 1 aromatic heterocycles. The van der Waals surface area contributed by atoms with E-state index < -0.39 is 0 Å². The summed E-state index contributed by atoms with van der Waals surface area (Å²) in [6.45, 7) is 10.8. The minimum Gasteiger partial charge on any atom is -0.330 e. The van der Waals surface area contributed by atoms with Gasteiger partial charge in [0.15, 0.2) is 0 Å². The first kappa shape index (κ1) is 14.7. The summed E-state index contributed by atoms with van der Waals surface area (Å²) in [5.74, 6) is 0. The van der Waals surface area contributed by atoms with Crippen LogP contribution in [0.1, 0.15) is 38.5 Å². The summed E-state index contributed by atoms with van der Waals surface area (Å²) in [7, 11) is 0. The molecule has 0 atom stereocenters. The normalized spacial score (nSPS) is 12.3. The number of nitrogens with zero attached hydrogens (tertiary/aromatic N) is 1. The number of rotatable bonds is 8. The average molecular weight is 254 g/mol. The zero-order valence-electron chi connectivity index (χ0n) is 11.4. The predicted molar refractivity (Wildman–Crippen MR) is 77.3 cm³/mol. The minimum absolute atomic E-state index is 0.299. The molecule has 0 aliphatic carbocycles. The summed E-state index contributed by atoms with van der Waals surface area (Å²) in [4.78, 5) is 3.97. The van der Waals surface area contributed by atoms with E-state index in [2.05, 4.69) is 43.2 Å². The molecule has 0 aromatic carbocycles. The maximum Gasteiger partial charge on any atom is 0.0328 e. The van der Waals surface area contributed by atoms with Crippen LogP contribution >= 0.6 is 11.3 Å². The van der Waals surface area contributed by atoms with Gasteiger partial charge in [-0.15, -0.1) is 11.3 Å². The van der Waals surface area contributed by atoms with Crippen LogP contribution < -0.4 is 5.73 Å². The SMILES string of the molecule is CCN(Cc1cccs1)CC(CC)(CC)CN. The van der Waals surface area contributed by atoms with Crippen LogP contribution in [0.3, 0.4) is 0 Å². The topological polar surface area (TPSA) is 29.3 Å². The van der Waals surface area contributed by atoms with Crippen molar-refractivity contribution >= 4 is 11.3 Å². The molecule has 2 N–H and O–H groups in total. The fraction of sp³-hybridized carbons (Fsp3) is 0.714. The van der Waals surface area contributed by atoms with Crippen molar-refractivity contribution in [3.8, 4) is 0 Å².